The van der Waals surface area contributed by atoms with Crippen LogP contribution in [-0.4, -0.2) is 18.4 Å². The average molecular weight is 264 g/mol. The fourth-order valence-corrected chi connectivity index (χ4v) is 1.39. The van der Waals surface area contributed by atoms with Crippen molar-refractivity contribution in [3.63, 3.8) is 0 Å². The molecule has 5 heteroatoms. The van der Waals surface area contributed by atoms with Gasteiger partial charge in [-0.15, -0.1) is 0 Å². The first-order valence-corrected chi connectivity index (χ1v) is 6.34. The van der Waals surface area contributed by atoms with E-state index in [4.69, 9.17) is 4.74 Å². The summed E-state index contributed by atoms with van der Waals surface area (Å²) in [7, 11) is 0. The normalized spacial score (nSPS) is 10.1. The zero-order chi connectivity index (χ0) is 14.3. The number of ether oxygens (including phenoxy) is 1. The SMILES string of the molecule is CCc1ccccc1OCC(=O)NNC(=O)C(C)C. The lowest BCUT2D eigenvalue weighted by molar-refractivity contribution is -0.131. The molecule has 19 heavy (non-hydrogen) atoms. The van der Waals surface area contributed by atoms with Gasteiger partial charge >= 0.3 is 0 Å². The van der Waals surface area contributed by atoms with Gasteiger partial charge in [-0.25, -0.2) is 0 Å². The topological polar surface area (TPSA) is 67.4 Å². The van der Waals surface area contributed by atoms with E-state index in [2.05, 4.69) is 10.9 Å². The Morgan fingerprint density at radius 3 is 2.53 bits per heavy atom. The van der Waals surface area contributed by atoms with Crippen molar-refractivity contribution in [2.45, 2.75) is 27.2 Å². The van der Waals surface area contributed by atoms with Crippen LogP contribution in [0.5, 0.6) is 5.75 Å². The Kier molecular flexibility index (Phi) is 5.85. The predicted octanol–water partition coefficient (Wildman–Crippen LogP) is 1.43. The van der Waals surface area contributed by atoms with Gasteiger partial charge in [-0.05, 0) is 18.1 Å². The van der Waals surface area contributed by atoms with E-state index in [0.717, 1.165) is 12.0 Å². The van der Waals surface area contributed by atoms with Crippen molar-refractivity contribution >= 4 is 11.8 Å². The summed E-state index contributed by atoms with van der Waals surface area (Å²) in [4.78, 5) is 22.7. The zero-order valence-electron chi connectivity index (χ0n) is 11.5. The Labute approximate surface area is 113 Å². The summed E-state index contributed by atoms with van der Waals surface area (Å²) in [5.74, 6) is -0.111. The first-order valence-electron chi connectivity index (χ1n) is 6.34. The van der Waals surface area contributed by atoms with Crippen molar-refractivity contribution in [1.29, 1.82) is 0 Å². The number of carbonyl (C=O) groups excluding carboxylic acids is 2. The Morgan fingerprint density at radius 1 is 1.21 bits per heavy atom. The highest BCUT2D eigenvalue weighted by Crippen LogP contribution is 2.17. The molecule has 0 radical (unpaired) electrons. The predicted molar refractivity (Wildman–Crippen MR) is 72.4 cm³/mol. The Morgan fingerprint density at radius 2 is 1.89 bits per heavy atom. The molecule has 0 spiro atoms. The summed E-state index contributed by atoms with van der Waals surface area (Å²) in [6.45, 7) is 5.38. The molecule has 0 aliphatic carbocycles. The van der Waals surface area contributed by atoms with Gasteiger partial charge in [0.1, 0.15) is 5.75 Å². The summed E-state index contributed by atoms with van der Waals surface area (Å²) in [5, 5.41) is 0. The first-order chi connectivity index (χ1) is 9.04. The van der Waals surface area contributed by atoms with E-state index in [-0.39, 0.29) is 24.3 Å². The fraction of sp³-hybridized carbons (Fsp3) is 0.429. The standard InChI is InChI=1S/C14H20N2O3/c1-4-11-7-5-6-8-12(11)19-9-13(17)15-16-14(18)10(2)3/h5-8,10H,4,9H2,1-3H3,(H,15,17)(H,16,18). The summed E-state index contributed by atoms with van der Waals surface area (Å²) in [6.07, 6.45) is 0.835. The monoisotopic (exact) mass is 264 g/mol. The molecular formula is C14H20N2O3. The van der Waals surface area contributed by atoms with E-state index in [1.54, 1.807) is 13.8 Å². The minimum atomic E-state index is -0.389. The summed E-state index contributed by atoms with van der Waals surface area (Å²) in [6, 6.07) is 7.55. The van der Waals surface area contributed by atoms with Gasteiger partial charge in [0.25, 0.3) is 5.91 Å². The third-order valence-corrected chi connectivity index (χ3v) is 2.56. The van der Waals surface area contributed by atoms with E-state index in [9.17, 15) is 9.59 Å². The number of nitrogens with one attached hydrogen (secondary N) is 2. The van der Waals surface area contributed by atoms with Gasteiger partial charge in [-0.2, -0.15) is 0 Å². The van der Waals surface area contributed by atoms with Gasteiger partial charge in [0.05, 0.1) is 0 Å². The Hall–Kier alpha value is -2.04. The molecule has 0 unspecified atom stereocenters. The number of para-hydroxylation sites is 1. The van der Waals surface area contributed by atoms with Crippen LogP contribution in [-0.2, 0) is 16.0 Å². The molecule has 0 heterocycles. The van der Waals surface area contributed by atoms with E-state index in [1.165, 1.54) is 0 Å². The van der Waals surface area contributed by atoms with Crippen molar-refractivity contribution in [1.82, 2.24) is 10.9 Å². The van der Waals surface area contributed by atoms with Gasteiger partial charge in [0.15, 0.2) is 6.61 Å². The molecule has 0 fully saturated rings. The van der Waals surface area contributed by atoms with Crippen molar-refractivity contribution in [2.75, 3.05) is 6.61 Å². The Balaban J connectivity index is 2.40. The maximum absolute atomic E-state index is 11.5. The zero-order valence-corrected chi connectivity index (χ0v) is 11.5. The lowest BCUT2D eigenvalue weighted by Crippen LogP contribution is -2.45. The molecular weight excluding hydrogens is 244 g/mol. The van der Waals surface area contributed by atoms with Crippen LogP contribution in [0.2, 0.25) is 0 Å². The van der Waals surface area contributed by atoms with Crippen LogP contribution in [0.25, 0.3) is 0 Å². The fourth-order valence-electron chi connectivity index (χ4n) is 1.39. The van der Waals surface area contributed by atoms with Crippen molar-refractivity contribution in [3.05, 3.63) is 29.8 Å². The molecule has 0 atom stereocenters. The molecule has 0 aliphatic rings. The van der Waals surface area contributed by atoms with Gasteiger partial charge in [0, 0.05) is 5.92 Å². The molecule has 0 bridgehead atoms. The minimum absolute atomic E-state index is 0.130. The van der Waals surface area contributed by atoms with Crippen LogP contribution in [0.4, 0.5) is 0 Å². The van der Waals surface area contributed by atoms with E-state index in [0.29, 0.717) is 5.75 Å². The molecule has 104 valence electrons. The van der Waals surface area contributed by atoms with Crippen LogP contribution in [0, 0.1) is 5.92 Å². The van der Waals surface area contributed by atoms with Gasteiger partial charge in [0.2, 0.25) is 5.91 Å². The van der Waals surface area contributed by atoms with Crippen molar-refractivity contribution in [2.24, 2.45) is 5.92 Å². The van der Waals surface area contributed by atoms with Gasteiger partial charge in [-0.3, -0.25) is 20.4 Å². The highest BCUT2D eigenvalue weighted by molar-refractivity contribution is 5.83. The van der Waals surface area contributed by atoms with E-state index >= 15 is 0 Å². The molecule has 1 aromatic rings. The number of aryl methyl sites for hydroxylation is 1. The largest absolute Gasteiger partial charge is 0.483 e. The third-order valence-electron chi connectivity index (χ3n) is 2.56. The van der Waals surface area contributed by atoms with Crippen molar-refractivity contribution < 1.29 is 14.3 Å². The molecule has 1 rings (SSSR count). The lowest BCUT2D eigenvalue weighted by atomic mass is 10.1. The number of hydrogen-bond acceptors (Lipinski definition) is 3. The average Bonchev–Trinajstić information content (AvgIpc) is 2.42. The maximum atomic E-state index is 11.5. The summed E-state index contributed by atoms with van der Waals surface area (Å²) >= 11 is 0. The molecule has 0 saturated heterocycles. The van der Waals surface area contributed by atoms with Gasteiger partial charge < -0.3 is 4.74 Å². The molecule has 0 saturated carbocycles. The molecule has 2 amide bonds. The second-order valence-electron chi connectivity index (χ2n) is 4.44. The molecule has 0 aromatic heterocycles. The number of hydrogen-bond donors (Lipinski definition) is 2. The summed E-state index contributed by atoms with van der Waals surface area (Å²) < 4.78 is 5.42. The number of carbonyl (C=O) groups is 2. The maximum Gasteiger partial charge on any atom is 0.276 e. The smallest absolute Gasteiger partial charge is 0.276 e. The first kappa shape index (κ1) is 15.0. The quantitative estimate of drug-likeness (QED) is 0.791. The summed E-state index contributed by atoms with van der Waals surface area (Å²) in [5.41, 5.74) is 5.68. The molecule has 5 nitrogen and oxygen atoms in total. The second-order valence-corrected chi connectivity index (χ2v) is 4.44. The van der Waals surface area contributed by atoms with Crippen LogP contribution >= 0.6 is 0 Å². The lowest BCUT2D eigenvalue weighted by Gasteiger charge is -2.11. The number of rotatable bonds is 5. The number of hydrazine groups is 1. The van der Waals surface area contributed by atoms with Crippen LogP contribution < -0.4 is 15.6 Å². The molecule has 0 aliphatic heterocycles. The van der Waals surface area contributed by atoms with Crippen molar-refractivity contribution in [3.8, 4) is 5.75 Å². The van der Waals surface area contributed by atoms with Crippen LogP contribution in [0.1, 0.15) is 26.3 Å². The highest BCUT2D eigenvalue weighted by Gasteiger charge is 2.09. The van der Waals surface area contributed by atoms with Crippen LogP contribution in [0.15, 0.2) is 24.3 Å². The molecule has 2 N–H and O–H groups in total. The van der Waals surface area contributed by atoms with Gasteiger partial charge in [-0.1, -0.05) is 39.0 Å². The third kappa shape index (κ3) is 4.99. The van der Waals surface area contributed by atoms with E-state index in [1.807, 2.05) is 31.2 Å². The molecule has 1 aromatic carbocycles. The number of benzene rings is 1. The second kappa shape index (κ2) is 7.41. The Bertz CT molecular complexity index is 444. The minimum Gasteiger partial charge on any atom is -0.483 e. The van der Waals surface area contributed by atoms with Crippen LogP contribution in [0.3, 0.4) is 0 Å². The highest BCUT2D eigenvalue weighted by atomic mass is 16.5. The number of amides is 2. The van der Waals surface area contributed by atoms with E-state index < -0.39 is 0 Å².